The lowest BCUT2D eigenvalue weighted by atomic mass is 10.1. The first kappa shape index (κ1) is 16.1. The molecule has 2 aromatic carbocycles. The fourth-order valence-electron chi connectivity index (χ4n) is 3.10. The van der Waals surface area contributed by atoms with Crippen LogP contribution >= 0.6 is 0 Å². The standard InChI is InChI=1S/C20H19N5O/c1-12-7-8-18-17(9-12)19(23-22-18)20(26)21-15-5-4-6-16(11-15)25-14(3)10-13(2)24-25/h4-11H,1-3H3,(H,21,26)(H,22,23). The molecular formula is C20H19N5O. The first-order valence-corrected chi connectivity index (χ1v) is 8.41. The van der Waals surface area contributed by atoms with Crippen LogP contribution < -0.4 is 5.32 Å². The number of aromatic amines is 1. The Bertz CT molecular complexity index is 1120. The van der Waals surface area contributed by atoms with Crippen molar-refractivity contribution in [1.29, 1.82) is 0 Å². The average molecular weight is 345 g/mol. The Hall–Kier alpha value is -3.41. The Morgan fingerprint density at radius 1 is 1.08 bits per heavy atom. The van der Waals surface area contributed by atoms with Gasteiger partial charge in [0.2, 0.25) is 0 Å². The van der Waals surface area contributed by atoms with Gasteiger partial charge in [-0.2, -0.15) is 10.2 Å². The van der Waals surface area contributed by atoms with Crippen LogP contribution in [0.25, 0.3) is 16.6 Å². The number of carbonyl (C=O) groups excluding carboxylic acids is 1. The van der Waals surface area contributed by atoms with Gasteiger partial charge in [-0.25, -0.2) is 4.68 Å². The van der Waals surface area contributed by atoms with E-state index in [1.807, 2.05) is 74.0 Å². The normalized spacial score (nSPS) is 11.0. The number of nitrogens with one attached hydrogen (secondary N) is 2. The second kappa shape index (κ2) is 6.15. The van der Waals surface area contributed by atoms with Crippen LogP contribution in [0.5, 0.6) is 0 Å². The molecule has 2 aromatic heterocycles. The molecule has 6 heteroatoms. The van der Waals surface area contributed by atoms with E-state index in [-0.39, 0.29) is 5.91 Å². The largest absolute Gasteiger partial charge is 0.321 e. The lowest BCUT2D eigenvalue weighted by Gasteiger charge is -2.08. The number of anilines is 1. The van der Waals surface area contributed by atoms with Gasteiger partial charge in [0.15, 0.2) is 5.69 Å². The Morgan fingerprint density at radius 2 is 1.92 bits per heavy atom. The predicted octanol–water partition coefficient (Wildman–Crippen LogP) is 3.93. The van der Waals surface area contributed by atoms with Gasteiger partial charge in [-0.3, -0.25) is 9.89 Å². The van der Waals surface area contributed by atoms with Crippen LogP contribution in [0.2, 0.25) is 0 Å². The summed E-state index contributed by atoms with van der Waals surface area (Å²) in [4.78, 5) is 12.7. The van der Waals surface area contributed by atoms with E-state index in [2.05, 4.69) is 20.6 Å². The van der Waals surface area contributed by atoms with Crippen LogP contribution in [0.3, 0.4) is 0 Å². The minimum absolute atomic E-state index is 0.243. The molecule has 6 nitrogen and oxygen atoms in total. The van der Waals surface area contributed by atoms with E-state index in [1.165, 1.54) is 0 Å². The molecule has 0 fully saturated rings. The van der Waals surface area contributed by atoms with Crippen LogP contribution in [0.15, 0.2) is 48.5 Å². The number of hydrogen-bond donors (Lipinski definition) is 2. The van der Waals surface area contributed by atoms with Crippen molar-refractivity contribution >= 4 is 22.5 Å². The molecule has 0 aliphatic carbocycles. The fourth-order valence-corrected chi connectivity index (χ4v) is 3.10. The molecule has 4 rings (SSSR count). The molecule has 0 spiro atoms. The molecule has 1 amide bonds. The van der Waals surface area contributed by atoms with Gasteiger partial charge in [-0.05, 0) is 57.2 Å². The summed E-state index contributed by atoms with van der Waals surface area (Å²) in [5.74, 6) is -0.243. The number of amides is 1. The number of aromatic nitrogens is 4. The van der Waals surface area contributed by atoms with Gasteiger partial charge in [0.1, 0.15) is 0 Å². The quantitative estimate of drug-likeness (QED) is 0.591. The van der Waals surface area contributed by atoms with E-state index in [1.54, 1.807) is 0 Å². The number of hydrogen-bond acceptors (Lipinski definition) is 3. The van der Waals surface area contributed by atoms with Gasteiger partial charge in [0.25, 0.3) is 5.91 Å². The zero-order chi connectivity index (χ0) is 18.3. The van der Waals surface area contributed by atoms with Crippen molar-refractivity contribution in [3.8, 4) is 5.69 Å². The Morgan fingerprint density at radius 3 is 2.69 bits per heavy atom. The number of carbonyl (C=O) groups is 1. The second-order valence-electron chi connectivity index (χ2n) is 6.46. The van der Waals surface area contributed by atoms with Crippen molar-refractivity contribution < 1.29 is 4.79 Å². The SMILES string of the molecule is Cc1ccc2[nH]nc(C(=O)Nc3cccc(-n4nc(C)cc4C)c3)c2c1. The van der Waals surface area contributed by atoms with Gasteiger partial charge in [-0.1, -0.05) is 17.7 Å². The van der Waals surface area contributed by atoms with Crippen molar-refractivity contribution in [3.63, 3.8) is 0 Å². The van der Waals surface area contributed by atoms with E-state index in [0.717, 1.165) is 33.5 Å². The molecule has 0 bridgehead atoms. The summed E-state index contributed by atoms with van der Waals surface area (Å²) in [6.07, 6.45) is 0. The van der Waals surface area contributed by atoms with Crippen molar-refractivity contribution in [3.05, 3.63) is 71.2 Å². The monoisotopic (exact) mass is 345 g/mol. The molecule has 0 unspecified atom stereocenters. The van der Waals surface area contributed by atoms with E-state index in [9.17, 15) is 4.79 Å². The lowest BCUT2D eigenvalue weighted by Crippen LogP contribution is -2.13. The molecule has 2 heterocycles. The summed E-state index contributed by atoms with van der Waals surface area (Å²) in [6, 6.07) is 15.5. The molecule has 0 atom stereocenters. The van der Waals surface area contributed by atoms with Gasteiger partial charge in [0, 0.05) is 16.8 Å². The van der Waals surface area contributed by atoms with Gasteiger partial charge in [-0.15, -0.1) is 0 Å². The summed E-state index contributed by atoms with van der Waals surface area (Å²) in [7, 11) is 0. The number of fused-ring (bicyclic) bond motifs is 1. The number of aryl methyl sites for hydroxylation is 3. The molecule has 0 saturated carbocycles. The summed E-state index contributed by atoms with van der Waals surface area (Å²) >= 11 is 0. The smallest absolute Gasteiger partial charge is 0.276 e. The highest BCUT2D eigenvalue weighted by Gasteiger charge is 2.15. The van der Waals surface area contributed by atoms with Crippen molar-refractivity contribution in [2.75, 3.05) is 5.32 Å². The first-order chi connectivity index (χ1) is 12.5. The molecular weight excluding hydrogens is 326 g/mol. The van der Waals surface area contributed by atoms with Crippen LogP contribution in [0.1, 0.15) is 27.4 Å². The Balaban J connectivity index is 1.64. The fraction of sp³-hybridized carbons (Fsp3) is 0.150. The van der Waals surface area contributed by atoms with Crippen LogP contribution in [0.4, 0.5) is 5.69 Å². The second-order valence-corrected chi connectivity index (χ2v) is 6.46. The van der Waals surface area contributed by atoms with Gasteiger partial charge in [0.05, 0.1) is 16.9 Å². The maximum absolute atomic E-state index is 12.7. The molecule has 0 aliphatic rings. The summed E-state index contributed by atoms with van der Waals surface area (Å²) in [5, 5.41) is 15.3. The average Bonchev–Trinajstić information content (AvgIpc) is 3.17. The van der Waals surface area contributed by atoms with E-state index >= 15 is 0 Å². The minimum Gasteiger partial charge on any atom is -0.321 e. The molecule has 2 N–H and O–H groups in total. The van der Waals surface area contributed by atoms with Gasteiger partial charge >= 0.3 is 0 Å². The third kappa shape index (κ3) is 2.86. The van der Waals surface area contributed by atoms with Crippen LogP contribution in [-0.2, 0) is 0 Å². The number of rotatable bonds is 3. The number of nitrogens with zero attached hydrogens (tertiary/aromatic N) is 3. The molecule has 26 heavy (non-hydrogen) atoms. The first-order valence-electron chi connectivity index (χ1n) is 8.41. The molecule has 0 saturated heterocycles. The Labute approximate surface area is 150 Å². The topological polar surface area (TPSA) is 75.6 Å². The molecule has 0 radical (unpaired) electrons. The summed E-state index contributed by atoms with van der Waals surface area (Å²) in [5.41, 5.74) is 5.91. The van der Waals surface area contributed by atoms with Crippen molar-refractivity contribution in [2.24, 2.45) is 0 Å². The van der Waals surface area contributed by atoms with Crippen molar-refractivity contribution in [1.82, 2.24) is 20.0 Å². The van der Waals surface area contributed by atoms with Crippen LogP contribution in [0, 0.1) is 20.8 Å². The highest BCUT2D eigenvalue weighted by Crippen LogP contribution is 2.20. The van der Waals surface area contributed by atoms with Gasteiger partial charge < -0.3 is 5.32 Å². The minimum atomic E-state index is -0.243. The highest BCUT2D eigenvalue weighted by molar-refractivity contribution is 6.11. The molecule has 0 aliphatic heterocycles. The molecule has 130 valence electrons. The third-order valence-corrected chi connectivity index (χ3v) is 4.29. The maximum Gasteiger partial charge on any atom is 0.276 e. The van der Waals surface area contributed by atoms with E-state index < -0.39 is 0 Å². The lowest BCUT2D eigenvalue weighted by molar-refractivity contribution is 0.102. The molecule has 4 aromatic rings. The Kier molecular flexibility index (Phi) is 3.80. The van der Waals surface area contributed by atoms with E-state index in [0.29, 0.717) is 11.4 Å². The zero-order valence-corrected chi connectivity index (χ0v) is 14.9. The predicted molar refractivity (Wildman–Crippen MR) is 102 cm³/mol. The number of benzene rings is 2. The summed E-state index contributed by atoms with van der Waals surface area (Å²) in [6.45, 7) is 5.95. The third-order valence-electron chi connectivity index (χ3n) is 4.29. The maximum atomic E-state index is 12.7. The number of H-pyrrole nitrogens is 1. The zero-order valence-electron chi connectivity index (χ0n) is 14.9. The van der Waals surface area contributed by atoms with Crippen LogP contribution in [-0.4, -0.2) is 25.9 Å². The highest BCUT2D eigenvalue weighted by atomic mass is 16.1. The van der Waals surface area contributed by atoms with Crippen molar-refractivity contribution in [2.45, 2.75) is 20.8 Å². The van der Waals surface area contributed by atoms with E-state index in [4.69, 9.17) is 0 Å². The summed E-state index contributed by atoms with van der Waals surface area (Å²) < 4.78 is 1.86.